The highest BCUT2D eigenvalue weighted by Gasteiger charge is 2.13. The van der Waals surface area contributed by atoms with E-state index in [0.717, 1.165) is 5.76 Å². The van der Waals surface area contributed by atoms with Crippen molar-refractivity contribution < 1.29 is 14.3 Å². The molecule has 17 heavy (non-hydrogen) atoms. The number of hydrogen-bond acceptors (Lipinski definition) is 3. The van der Waals surface area contributed by atoms with E-state index in [2.05, 4.69) is 0 Å². The first kappa shape index (κ1) is 13.5. The van der Waals surface area contributed by atoms with Gasteiger partial charge >= 0.3 is 0 Å². The second kappa shape index (κ2) is 6.25. The molecule has 1 aromatic rings. The van der Waals surface area contributed by atoms with Gasteiger partial charge in [-0.15, -0.1) is 0 Å². The Bertz CT molecular complexity index is 393. The van der Waals surface area contributed by atoms with Crippen LogP contribution in [0, 0.1) is 6.92 Å². The van der Waals surface area contributed by atoms with E-state index in [4.69, 9.17) is 9.52 Å². The zero-order valence-corrected chi connectivity index (χ0v) is 10.5. The summed E-state index contributed by atoms with van der Waals surface area (Å²) < 4.78 is 5.33. The van der Waals surface area contributed by atoms with Gasteiger partial charge in [0.25, 0.3) is 0 Å². The Labute approximate surface area is 102 Å². The van der Waals surface area contributed by atoms with Crippen LogP contribution in [0.15, 0.2) is 22.6 Å². The monoisotopic (exact) mass is 237 g/mol. The molecule has 0 unspecified atom stereocenters. The Morgan fingerprint density at radius 3 is 2.71 bits per heavy atom. The van der Waals surface area contributed by atoms with Crippen LogP contribution in [0.1, 0.15) is 25.4 Å². The van der Waals surface area contributed by atoms with E-state index >= 15 is 0 Å². The van der Waals surface area contributed by atoms with Crippen LogP contribution in [0.5, 0.6) is 0 Å². The van der Waals surface area contributed by atoms with Crippen molar-refractivity contribution in [2.75, 3.05) is 13.2 Å². The summed E-state index contributed by atoms with van der Waals surface area (Å²) in [6, 6.07) is 3.72. The molecule has 1 heterocycles. The average molecular weight is 237 g/mol. The van der Waals surface area contributed by atoms with Gasteiger partial charge in [0, 0.05) is 18.7 Å². The van der Waals surface area contributed by atoms with Gasteiger partial charge in [0.2, 0.25) is 5.91 Å². The molecular formula is C13H19NO3. The quantitative estimate of drug-likeness (QED) is 0.795. The topological polar surface area (TPSA) is 53.7 Å². The highest BCUT2D eigenvalue weighted by molar-refractivity contribution is 5.91. The van der Waals surface area contributed by atoms with E-state index < -0.39 is 0 Å². The largest absolute Gasteiger partial charge is 0.462 e. The third-order valence-electron chi connectivity index (χ3n) is 2.40. The molecule has 4 nitrogen and oxygen atoms in total. The predicted molar refractivity (Wildman–Crippen MR) is 66.4 cm³/mol. The summed E-state index contributed by atoms with van der Waals surface area (Å²) in [5, 5.41) is 8.89. The molecule has 0 spiro atoms. The summed E-state index contributed by atoms with van der Waals surface area (Å²) in [5.74, 6) is 1.35. The number of hydrogen-bond donors (Lipinski definition) is 1. The van der Waals surface area contributed by atoms with Crippen LogP contribution in [0.2, 0.25) is 0 Å². The number of aryl methyl sites for hydroxylation is 1. The summed E-state index contributed by atoms with van der Waals surface area (Å²) in [5.41, 5.74) is 0. The highest BCUT2D eigenvalue weighted by Crippen LogP contribution is 2.09. The van der Waals surface area contributed by atoms with Crippen molar-refractivity contribution in [1.29, 1.82) is 0 Å². The molecule has 0 saturated heterocycles. The lowest BCUT2D eigenvalue weighted by Crippen LogP contribution is -2.37. The molecule has 0 saturated carbocycles. The molecule has 4 heteroatoms. The Morgan fingerprint density at radius 2 is 2.24 bits per heavy atom. The smallest absolute Gasteiger partial charge is 0.246 e. The third kappa shape index (κ3) is 4.07. The van der Waals surface area contributed by atoms with Crippen LogP contribution in [-0.4, -0.2) is 35.1 Å². The van der Waals surface area contributed by atoms with Gasteiger partial charge < -0.3 is 14.4 Å². The van der Waals surface area contributed by atoms with E-state index in [9.17, 15) is 4.79 Å². The molecular weight excluding hydrogens is 218 g/mol. The standard InChI is InChI=1S/C13H19NO3/c1-10(2)14(8-9-15)13(16)7-6-12-5-4-11(3)17-12/h4-7,10,15H,8-9H2,1-3H3/b7-6+. The fourth-order valence-electron chi connectivity index (χ4n) is 1.52. The van der Waals surface area contributed by atoms with Crippen molar-refractivity contribution in [1.82, 2.24) is 4.90 Å². The summed E-state index contributed by atoms with van der Waals surface area (Å²) in [6.45, 7) is 6.00. The van der Waals surface area contributed by atoms with Gasteiger partial charge in [0.15, 0.2) is 0 Å². The Morgan fingerprint density at radius 1 is 1.53 bits per heavy atom. The lowest BCUT2D eigenvalue weighted by Gasteiger charge is -2.24. The summed E-state index contributed by atoms with van der Waals surface area (Å²) >= 11 is 0. The summed E-state index contributed by atoms with van der Waals surface area (Å²) in [6.07, 6.45) is 3.11. The number of aliphatic hydroxyl groups excluding tert-OH is 1. The lowest BCUT2D eigenvalue weighted by molar-refractivity contribution is -0.128. The molecule has 1 amide bonds. The number of carbonyl (C=O) groups excluding carboxylic acids is 1. The van der Waals surface area contributed by atoms with Gasteiger partial charge in [-0.25, -0.2) is 0 Å². The van der Waals surface area contributed by atoms with Gasteiger partial charge in [-0.3, -0.25) is 4.79 Å². The fraction of sp³-hybridized carbons (Fsp3) is 0.462. The molecule has 0 aromatic carbocycles. The van der Waals surface area contributed by atoms with Crippen LogP contribution in [-0.2, 0) is 4.79 Å². The van der Waals surface area contributed by atoms with Gasteiger partial charge in [-0.1, -0.05) is 0 Å². The van der Waals surface area contributed by atoms with E-state index in [1.807, 2.05) is 32.9 Å². The first-order valence-corrected chi connectivity index (χ1v) is 5.70. The zero-order valence-electron chi connectivity index (χ0n) is 10.5. The maximum Gasteiger partial charge on any atom is 0.246 e. The molecule has 0 aliphatic rings. The molecule has 1 aromatic heterocycles. The number of rotatable bonds is 5. The number of furan rings is 1. The van der Waals surface area contributed by atoms with Crippen molar-refractivity contribution in [3.63, 3.8) is 0 Å². The van der Waals surface area contributed by atoms with Crippen LogP contribution < -0.4 is 0 Å². The third-order valence-corrected chi connectivity index (χ3v) is 2.40. The van der Waals surface area contributed by atoms with Crippen molar-refractivity contribution in [2.45, 2.75) is 26.8 Å². The zero-order chi connectivity index (χ0) is 12.8. The molecule has 94 valence electrons. The number of amides is 1. The summed E-state index contributed by atoms with van der Waals surface area (Å²) in [4.78, 5) is 13.4. The number of nitrogens with zero attached hydrogens (tertiary/aromatic N) is 1. The van der Waals surface area contributed by atoms with E-state index in [-0.39, 0.29) is 18.6 Å². The van der Waals surface area contributed by atoms with E-state index in [1.54, 1.807) is 11.0 Å². The molecule has 1 N–H and O–H groups in total. The highest BCUT2D eigenvalue weighted by atomic mass is 16.3. The number of aliphatic hydroxyl groups is 1. The SMILES string of the molecule is Cc1ccc(/C=C/C(=O)N(CCO)C(C)C)o1. The van der Waals surface area contributed by atoms with Crippen LogP contribution >= 0.6 is 0 Å². The maximum atomic E-state index is 11.8. The summed E-state index contributed by atoms with van der Waals surface area (Å²) in [7, 11) is 0. The van der Waals surface area contributed by atoms with Crippen molar-refractivity contribution in [3.05, 3.63) is 29.7 Å². The van der Waals surface area contributed by atoms with Gasteiger partial charge in [-0.2, -0.15) is 0 Å². The fourth-order valence-corrected chi connectivity index (χ4v) is 1.52. The first-order valence-electron chi connectivity index (χ1n) is 5.70. The van der Waals surface area contributed by atoms with Gasteiger partial charge in [0.1, 0.15) is 11.5 Å². The Kier molecular flexibility index (Phi) is 4.97. The Hall–Kier alpha value is -1.55. The molecule has 0 aliphatic carbocycles. The van der Waals surface area contributed by atoms with Crippen molar-refractivity contribution in [3.8, 4) is 0 Å². The van der Waals surface area contributed by atoms with Crippen LogP contribution in [0.25, 0.3) is 6.08 Å². The molecule has 1 rings (SSSR count). The van der Waals surface area contributed by atoms with Crippen molar-refractivity contribution >= 4 is 12.0 Å². The molecule has 0 atom stereocenters. The normalized spacial score (nSPS) is 11.4. The van der Waals surface area contributed by atoms with Crippen molar-refractivity contribution in [2.24, 2.45) is 0 Å². The minimum absolute atomic E-state index is 0.0301. The van der Waals surface area contributed by atoms with Gasteiger partial charge in [-0.05, 0) is 39.0 Å². The number of carbonyl (C=O) groups is 1. The predicted octanol–water partition coefficient (Wildman–Crippen LogP) is 1.83. The Balaban J connectivity index is 2.66. The van der Waals surface area contributed by atoms with E-state index in [0.29, 0.717) is 12.3 Å². The van der Waals surface area contributed by atoms with Gasteiger partial charge in [0.05, 0.1) is 6.61 Å². The lowest BCUT2D eigenvalue weighted by atomic mass is 10.3. The molecule has 0 aliphatic heterocycles. The van der Waals surface area contributed by atoms with Crippen LogP contribution in [0.4, 0.5) is 0 Å². The minimum Gasteiger partial charge on any atom is -0.462 e. The maximum absolute atomic E-state index is 11.8. The average Bonchev–Trinajstić information content (AvgIpc) is 2.68. The molecule has 0 fully saturated rings. The van der Waals surface area contributed by atoms with E-state index in [1.165, 1.54) is 6.08 Å². The molecule has 0 bridgehead atoms. The van der Waals surface area contributed by atoms with Crippen LogP contribution in [0.3, 0.4) is 0 Å². The second-order valence-electron chi connectivity index (χ2n) is 4.13. The molecule has 0 radical (unpaired) electrons. The first-order chi connectivity index (χ1) is 8.04. The second-order valence-corrected chi connectivity index (χ2v) is 4.13. The minimum atomic E-state index is -0.122.